The molecular weight excluding hydrogens is 366 g/mol. The van der Waals surface area contributed by atoms with Crippen LogP contribution in [0.15, 0.2) is 64.3 Å². The van der Waals surface area contributed by atoms with E-state index in [0.717, 1.165) is 0 Å². The Hall–Kier alpha value is -3.13. The molecule has 0 unspecified atom stereocenters. The number of sulfonamides is 1. The highest BCUT2D eigenvalue weighted by Crippen LogP contribution is 2.29. The van der Waals surface area contributed by atoms with Gasteiger partial charge in [-0.2, -0.15) is 5.10 Å². The minimum Gasteiger partial charge on any atom is -0.492 e. The van der Waals surface area contributed by atoms with Crippen LogP contribution in [0.4, 0.5) is 5.69 Å². The average Bonchev–Trinajstić information content (AvgIpc) is 2.64. The molecule has 8 heteroatoms. The Morgan fingerprint density at radius 1 is 1.11 bits per heavy atom. The number of ether oxygens (including phenoxy) is 1. The fourth-order valence-corrected chi connectivity index (χ4v) is 3.93. The summed E-state index contributed by atoms with van der Waals surface area (Å²) in [4.78, 5) is 11.3. The number of hydrogen-bond donors (Lipinski definition) is 2. The Bertz CT molecular complexity index is 1100. The minimum absolute atomic E-state index is 0.124. The largest absolute Gasteiger partial charge is 0.492 e. The van der Waals surface area contributed by atoms with Gasteiger partial charge in [-0.3, -0.25) is 9.52 Å². The van der Waals surface area contributed by atoms with Crippen LogP contribution in [-0.2, 0) is 10.0 Å². The summed E-state index contributed by atoms with van der Waals surface area (Å²) in [5.74, 6) is 0.458. The van der Waals surface area contributed by atoms with E-state index >= 15 is 0 Å². The first-order chi connectivity index (χ1) is 12.9. The molecule has 0 amide bonds. The first-order valence-corrected chi connectivity index (χ1v) is 9.80. The summed E-state index contributed by atoms with van der Waals surface area (Å²) in [6.45, 7) is 3.97. The molecular formula is C19H19N3O4S. The fourth-order valence-electron chi connectivity index (χ4n) is 2.59. The number of anilines is 1. The summed E-state index contributed by atoms with van der Waals surface area (Å²) in [6, 6.07) is 14.7. The van der Waals surface area contributed by atoms with Crippen LogP contribution < -0.4 is 15.0 Å². The van der Waals surface area contributed by atoms with Gasteiger partial charge in [-0.1, -0.05) is 24.3 Å². The second kappa shape index (κ2) is 7.63. The first-order valence-electron chi connectivity index (χ1n) is 8.32. The molecule has 0 bridgehead atoms. The zero-order chi connectivity index (χ0) is 19.4. The standard InChI is InChI=1S/C19H19N3O4S/c1-3-26-17-7-5-4-6-16(17)22-27(24,25)18-12-14(9-8-13(18)2)15-10-11-19(23)21-20-15/h4-12,22H,3H2,1-2H3,(H,21,23). The van der Waals surface area contributed by atoms with E-state index in [0.29, 0.717) is 34.9 Å². The molecule has 0 saturated carbocycles. The van der Waals surface area contributed by atoms with E-state index in [1.54, 1.807) is 43.3 Å². The normalized spacial score (nSPS) is 11.2. The number of aromatic nitrogens is 2. The van der Waals surface area contributed by atoms with Gasteiger partial charge >= 0.3 is 0 Å². The van der Waals surface area contributed by atoms with Crippen molar-refractivity contribution in [2.45, 2.75) is 18.7 Å². The average molecular weight is 385 g/mol. The SMILES string of the molecule is CCOc1ccccc1NS(=O)(=O)c1cc(-c2ccc(=O)[nH]n2)ccc1C. The lowest BCUT2D eigenvalue weighted by Gasteiger charge is -2.14. The van der Waals surface area contributed by atoms with Gasteiger partial charge in [-0.15, -0.1) is 0 Å². The van der Waals surface area contributed by atoms with Gasteiger partial charge in [-0.05, 0) is 43.7 Å². The molecule has 27 heavy (non-hydrogen) atoms. The molecule has 140 valence electrons. The summed E-state index contributed by atoms with van der Waals surface area (Å²) in [5.41, 5.74) is 1.68. The number of aromatic amines is 1. The molecule has 2 N–H and O–H groups in total. The highest BCUT2D eigenvalue weighted by atomic mass is 32.2. The Balaban J connectivity index is 2.01. The van der Waals surface area contributed by atoms with Crippen LogP contribution in [0.1, 0.15) is 12.5 Å². The third kappa shape index (κ3) is 4.17. The number of rotatable bonds is 6. The monoisotopic (exact) mass is 385 g/mol. The third-order valence-corrected chi connectivity index (χ3v) is 5.39. The van der Waals surface area contributed by atoms with Crippen LogP contribution in [0.5, 0.6) is 5.75 Å². The van der Waals surface area contributed by atoms with Crippen molar-refractivity contribution in [2.24, 2.45) is 0 Å². The topological polar surface area (TPSA) is 101 Å². The molecule has 0 saturated heterocycles. The number of nitrogens with zero attached hydrogens (tertiary/aromatic N) is 1. The zero-order valence-corrected chi connectivity index (χ0v) is 15.7. The summed E-state index contributed by atoms with van der Waals surface area (Å²) in [6.07, 6.45) is 0. The molecule has 0 aliphatic heterocycles. The Morgan fingerprint density at radius 3 is 2.59 bits per heavy atom. The number of benzene rings is 2. The van der Waals surface area contributed by atoms with E-state index < -0.39 is 10.0 Å². The molecule has 7 nitrogen and oxygen atoms in total. The molecule has 2 aromatic carbocycles. The second-order valence-corrected chi connectivity index (χ2v) is 7.47. The second-order valence-electron chi connectivity index (χ2n) is 5.82. The minimum atomic E-state index is -3.85. The highest BCUT2D eigenvalue weighted by Gasteiger charge is 2.20. The molecule has 0 atom stereocenters. The molecule has 0 radical (unpaired) electrons. The fraction of sp³-hybridized carbons (Fsp3) is 0.158. The van der Waals surface area contributed by atoms with Gasteiger partial charge < -0.3 is 4.74 Å². The maximum atomic E-state index is 13.0. The van der Waals surface area contributed by atoms with E-state index in [1.165, 1.54) is 18.2 Å². The van der Waals surface area contributed by atoms with Crippen molar-refractivity contribution in [1.82, 2.24) is 10.2 Å². The van der Waals surface area contributed by atoms with Crippen molar-refractivity contribution >= 4 is 15.7 Å². The van der Waals surface area contributed by atoms with Gasteiger partial charge in [0.25, 0.3) is 15.6 Å². The van der Waals surface area contributed by atoms with Crippen molar-refractivity contribution in [1.29, 1.82) is 0 Å². The van der Waals surface area contributed by atoms with E-state index in [2.05, 4.69) is 14.9 Å². The summed E-state index contributed by atoms with van der Waals surface area (Å²) in [7, 11) is -3.85. The third-order valence-electron chi connectivity index (χ3n) is 3.88. The van der Waals surface area contributed by atoms with Crippen molar-refractivity contribution < 1.29 is 13.2 Å². The van der Waals surface area contributed by atoms with E-state index in [1.807, 2.05) is 6.92 Å². The van der Waals surface area contributed by atoms with Gasteiger partial charge in [0.15, 0.2) is 0 Å². The van der Waals surface area contributed by atoms with Crippen LogP contribution in [0.3, 0.4) is 0 Å². The van der Waals surface area contributed by atoms with Crippen LogP contribution >= 0.6 is 0 Å². The number of hydrogen-bond acceptors (Lipinski definition) is 5. The Kier molecular flexibility index (Phi) is 5.27. The van der Waals surface area contributed by atoms with E-state index in [-0.39, 0.29) is 10.5 Å². The predicted molar refractivity (Wildman–Crippen MR) is 103 cm³/mol. The van der Waals surface area contributed by atoms with Crippen molar-refractivity contribution in [3.63, 3.8) is 0 Å². The van der Waals surface area contributed by atoms with Crippen LogP contribution in [0.25, 0.3) is 11.3 Å². The lowest BCUT2D eigenvalue weighted by Crippen LogP contribution is -2.15. The van der Waals surface area contributed by atoms with Crippen LogP contribution in [-0.4, -0.2) is 25.2 Å². The number of para-hydroxylation sites is 2. The highest BCUT2D eigenvalue weighted by molar-refractivity contribution is 7.92. The molecule has 0 aliphatic rings. The first kappa shape index (κ1) is 18.7. The molecule has 1 aromatic heterocycles. The Morgan fingerprint density at radius 2 is 1.89 bits per heavy atom. The van der Waals surface area contributed by atoms with Gasteiger partial charge in [0.2, 0.25) is 0 Å². The van der Waals surface area contributed by atoms with E-state index in [9.17, 15) is 13.2 Å². The molecule has 1 heterocycles. The van der Waals surface area contributed by atoms with Gasteiger partial charge in [0.1, 0.15) is 5.75 Å². The molecule has 3 aromatic rings. The smallest absolute Gasteiger partial charge is 0.264 e. The zero-order valence-electron chi connectivity index (χ0n) is 14.9. The quantitative estimate of drug-likeness (QED) is 0.679. The summed E-state index contributed by atoms with van der Waals surface area (Å²) < 4.78 is 34.0. The van der Waals surface area contributed by atoms with E-state index in [4.69, 9.17) is 4.74 Å². The summed E-state index contributed by atoms with van der Waals surface area (Å²) >= 11 is 0. The number of H-pyrrole nitrogens is 1. The van der Waals surface area contributed by atoms with Gasteiger partial charge in [0, 0.05) is 11.6 Å². The lowest BCUT2D eigenvalue weighted by molar-refractivity contribution is 0.342. The predicted octanol–water partition coefficient (Wildman–Crippen LogP) is 2.94. The Labute approximate surface area is 157 Å². The van der Waals surface area contributed by atoms with Crippen molar-refractivity contribution in [2.75, 3.05) is 11.3 Å². The van der Waals surface area contributed by atoms with Crippen molar-refractivity contribution in [3.05, 3.63) is 70.5 Å². The van der Waals surface area contributed by atoms with Gasteiger partial charge in [-0.25, -0.2) is 13.5 Å². The maximum Gasteiger partial charge on any atom is 0.264 e. The van der Waals surface area contributed by atoms with Crippen LogP contribution in [0, 0.1) is 6.92 Å². The molecule has 0 aliphatic carbocycles. The van der Waals surface area contributed by atoms with Crippen molar-refractivity contribution in [3.8, 4) is 17.0 Å². The lowest BCUT2D eigenvalue weighted by atomic mass is 10.1. The van der Waals surface area contributed by atoms with Crippen LogP contribution in [0.2, 0.25) is 0 Å². The molecule has 0 spiro atoms. The number of aryl methyl sites for hydroxylation is 1. The van der Waals surface area contributed by atoms with Gasteiger partial charge in [0.05, 0.1) is 22.9 Å². The molecule has 3 rings (SSSR count). The number of nitrogens with one attached hydrogen (secondary N) is 2. The summed E-state index contributed by atoms with van der Waals surface area (Å²) in [5, 5.41) is 6.30. The molecule has 0 fully saturated rings. The maximum absolute atomic E-state index is 13.0.